The summed E-state index contributed by atoms with van der Waals surface area (Å²) in [6.07, 6.45) is 0. The standard InChI is InChI=1S/C21H13BrClFN4O/c22-14-7-5-13(6-8-14)20-26-19(21(29)25-18-4-2-1-3-17(18)23)27-28(20)16-11-9-15(24)10-12-16/h1-12H,(H,25,29). The zero-order valence-corrected chi connectivity index (χ0v) is 17.2. The van der Waals surface area contributed by atoms with Crippen LogP contribution < -0.4 is 5.32 Å². The summed E-state index contributed by atoms with van der Waals surface area (Å²) in [5, 5.41) is 7.47. The number of carbonyl (C=O) groups is 1. The molecular formula is C21H13BrClFN4O. The molecule has 3 aromatic carbocycles. The molecule has 0 aliphatic rings. The van der Waals surface area contributed by atoms with Crippen LogP contribution in [0, 0.1) is 5.82 Å². The molecule has 4 rings (SSSR count). The van der Waals surface area contributed by atoms with Gasteiger partial charge in [-0.2, -0.15) is 0 Å². The first-order valence-corrected chi connectivity index (χ1v) is 9.73. The Morgan fingerprint density at radius 2 is 1.69 bits per heavy atom. The second-order valence-corrected chi connectivity index (χ2v) is 7.41. The van der Waals surface area contributed by atoms with E-state index in [2.05, 4.69) is 31.3 Å². The zero-order chi connectivity index (χ0) is 20.4. The molecule has 8 heteroatoms. The van der Waals surface area contributed by atoms with Gasteiger partial charge in [0.25, 0.3) is 5.91 Å². The molecule has 1 amide bonds. The molecule has 1 heterocycles. The van der Waals surface area contributed by atoms with Crippen LogP contribution in [-0.2, 0) is 0 Å². The van der Waals surface area contributed by atoms with Gasteiger partial charge in [0.2, 0.25) is 5.82 Å². The van der Waals surface area contributed by atoms with Gasteiger partial charge in [0.1, 0.15) is 5.82 Å². The van der Waals surface area contributed by atoms with Crippen molar-refractivity contribution >= 4 is 39.1 Å². The molecule has 4 aromatic rings. The summed E-state index contributed by atoms with van der Waals surface area (Å²) in [4.78, 5) is 17.1. The Morgan fingerprint density at radius 1 is 1.00 bits per heavy atom. The maximum Gasteiger partial charge on any atom is 0.295 e. The maximum atomic E-state index is 13.4. The Kier molecular flexibility index (Phi) is 5.42. The van der Waals surface area contributed by atoms with Crippen molar-refractivity contribution in [2.45, 2.75) is 0 Å². The SMILES string of the molecule is O=C(Nc1ccccc1Cl)c1nc(-c2ccc(Br)cc2)n(-c2ccc(F)cc2)n1. The van der Waals surface area contributed by atoms with Gasteiger partial charge in [-0.05, 0) is 48.5 Å². The third-order valence-electron chi connectivity index (χ3n) is 4.11. The van der Waals surface area contributed by atoms with Gasteiger partial charge >= 0.3 is 0 Å². The Morgan fingerprint density at radius 3 is 2.38 bits per heavy atom. The van der Waals surface area contributed by atoms with Gasteiger partial charge in [0.15, 0.2) is 5.82 Å². The minimum absolute atomic E-state index is 0.0350. The van der Waals surface area contributed by atoms with E-state index in [4.69, 9.17) is 11.6 Å². The van der Waals surface area contributed by atoms with E-state index in [0.29, 0.717) is 22.2 Å². The second kappa shape index (κ2) is 8.14. The van der Waals surface area contributed by atoms with Crippen molar-refractivity contribution in [1.29, 1.82) is 0 Å². The first kappa shape index (κ1) is 19.3. The smallest absolute Gasteiger partial charge is 0.295 e. The van der Waals surface area contributed by atoms with Crippen molar-refractivity contribution in [3.8, 4) is 17.1 Å². The predicted octanol–water partition coefficient (Wildman–Crippen LogP) is 5.74. The number of benzene rings is 3. The van der Waals surface area contributed by atoms with Gasteiger partial charge in [-0.1, -0.05) is 51.8 Å². The summed E-state index contributed by atoms with van der Waals surface area (Å²) in [7, 11) is 0. The summed E-state index contributed by atoms with van der Waals surface area (Å²) >= 11 is 9.51. The molecule has 1 aromatic heterocycles. The van der Waals surface area contributed by atoms with Gasteiger partial charge in [0.05, 0.1) is 16.4 Å². The van der Waals surface area contributed by atoms with Crippen molar-refractivity contribution in [1.82, 2.24) is 14.8 Å². The van der Waals surface area contributed by atoms with Crippen LogP contribution in [0.4, 0.5) is 10.1 Å². The number of amides is 1. The van der Waals surface area contributed by atoms with Gasteiger partial charge in [-0.25, -0.2) is 14.1 Å². The number of halogens is 3. The Balaban J connectivity index is 1.76. The van der Waals surface area contributed by atoms with Gasteiger partial charge in [-0.15, -0.1) is 5.10 Å². The van der Waals surface area contributed by atoms with Crippen LogP contribution in [0.25, 0.3) is 17.1 Å². The van der Waals surface area contributed by atoms with E-state index in [9.17, 15) is 9.18 Å². The first-order valence-electron chi connectivity index (χ1n) is 8.56. The molecule has 0 bridgehead atoms. The van der Waals surface area contributed by atoms with Crippen LogP contribution in [0.5, 0.6) is 0 Å². The molecule has 0 fully saturated rings. The minimum Gasteiger partial charge on any atom is -0.318 e. The quantitative estimate of drug-likeness (QED) is 0.413. The zero-order valence-electron chi connectivity index (χ0n) is 14.8. The van der Waals surface area contributed by atoms with E-state index in [1.165, 1.54) is 16.8 Å². The minimum atomic E-state index is -0.502. The van der Waals surface area contributed by atoms with Gasteiger partial charge < -0.3 is 5.32 Å². The third-order valence-corrected chi connectivity index (χ3v) is 4.96. The van der Waals surface area contributed by atoms with Crippen LogP contribution in [-0.4, -0.2) is 20.7 Å². The molecule has 1 N–H and O–H groups in total. The van der Waals surface area contributed by atoms with Crippen molar-refractivity contribution in [3.63, 3.8) is 0 Å². The predicted molar refractivity (Wildman–Crippen MR) is 114 cm³/mol. The number of para-hydroxylation sites is 1. The van der Waals surface area contributed by atoms with Crippen molar-refractivity contribution in [3.05, 3.63) is 93.9 Å². The number of aromatic nitrogens is 3. The summed E-state index contributed by atoms with van der Waals surface area (Å²) in [5.41, 5.74) is 1.79. The largest absolute Gasteiger partial charge is 0.318 e. The molecule has 5 nitrogen and oxygen atoms in total. The summed E-state index contributed by atoms with van der Waals surface area (Å²) < 4.78 is 15.8. The molecule has 0 unspecified atom stereocenters. The van der Waals surface area contributed by atoms with Crippen molar-refractivity contribution < 1.29 is 9.18 Å². The van der Waals surface area contributed by atoms with E-state index in [1.54, 1.807) is 36.4 Å². The lowest BCUT2D eigenvalue weighted by molar-refractivity contribution is 0.101. The fraction of sp³-hybridized carbons (Fsp3) is 0. The first-order chi connectivity index (χ1) is 14.0. The molecule has 0 spiro atoms. The normalized spacial score (nSPS) is 10.7. The Bertz CT molecular complexity index is 1110. The van der Waals surface area contributed by atoms with E-state index >= 15 is 0 Å². The lowest BCUT2D eigenvalue weighted by Gasteiger charge is -2.06. The molecular weight excluding hydrogens is 459 g/mol. The highest BCUT2D eigenvalue weighted by Gasteiger charge is 2.19. The molecule has 0 atom stereocenters. The van der Waals surface area contributed by atoms with E-state index in [-0.39, 0.29) is 11.6 Å². The monoisotopic (exact) mass is 470 g/mol. The topological polar surface area (TPSA) is 59.8 Å². The second-order valence-electron chi connectivity index (χ2n) is 6.09. The Hall–Kier alpha value is -3.03. The van der Waals surface area contributed by atoms with E-state index < -0.39 is 5.91 Å². The number of anilines is 1. The Labute approximate surface area is 179 Å². The van der Waals surface area contributed by atoms with Crippen LogP contribution >= 0.6 is 27.5 Å². The van der Waals surface area contributed by atoms with Crippen LogP contribution in [0.15, 0.2) is 77.3 Å². The highest BCUT2D eigenvalue weighted by atomic mass is 79.9. The van der Waals surface area contributed by atoms with Crippen LogP contribution in [0.1, 0.15) is 10.6 Å². The van der Waals surface area contributed by atoms with Crippen LogP contribution in [0.3, 0.4) is 0 Å². The van der Waals surface area contributed by atoms with E-state index in [1.807, 2.05) is 24.3 Å². The molecule has 29 heavy (non-hydrogen) atoms. The average Bonchev–Trinajstić information content (AvgIpc) is 3.16. The number of carbonyl (C=O) groups excluding carboxylic acids is 1. The molecule has 0 saturated carbocycles. The average molecular weight is 472 g/mol. The van der Waals surface area contributed by atoms with Crippen molar-refractivity contribution in [2.75, 3.05) is 5.32 Å². The summed E-state index contributed by atoms with van der Waals surface area (Å²) in [6.45, 7) is 0. The molecule has 144 valence electrons. The maximum absolute atomic E-state index is 13.4. The lowest BCUT2D eigenvalue weighted by Crippen LogP contribution is -2.14. The van der Waals surface area contributed by atoms with Gasteiger partial charge in [0, 0.05) is 10.0 Å². The number of hydrogen-bond acceptors (Lipinski definition) is 3. The van der Waals surface area contributed by atoms with Crippen LogP contribution in [0.2, 0.25) is 5.02 Å². The highest BCUT2D eigenvalue weighted by molar-refractivity contribution is 9.10. The highest BCUT2D eigenvalue weighted by Crippen LogP contribution is 2.25. The molecule has 0 saturated heterocycles. The number of hydrogen-bond donors (Lipinski definition) is 1. The van der Waals surface area contributed by atoms with E-state index in [0.717, 1.165) is 10.0 Å². The molecule has 0 radical (unpaired) electrons. The number of nitrogens with zero attached hydrogens (tertiary/aromatic N) is 3. The molecule has 0 aliphatic heterocycles. The molecule has 0 aliphatic carbocycles. The summed E-state index contributed by atoms with van der Waals surface area (Å²) in [5.74, 6) is -0.450. The summed E-state index contributed by atoms with van der Waals surface area (Å²) in [6, 6.07) is 20.1. The number of nitrogens with one attached hydrogen (secondary N) is 1. The van der Waals surface area contributed by atoms with Gasteiger partial charge in [-0.3, -0.25) is 4.79 Å². The number of rotatable bonds is 4. The third kappa shape index (κ3) is 4.21. The lowest BCUT2D eigenvalue weighted by atomic mass is 10.2. The van der Waals surface area contributed by atoms with Crippen molar-refractivity contribution in [2.24, 2.45) is 0 Å². The fourth-order valence-corrected chi connectivity index (χ4v) is 3.14. The fourth-order valence-electron chi connectivity index (χ4n) is 2.70.